The Labute approximate surface area is 88.7 Å². The topological polar surface area (TPSA) is 57.5 Å². The molecule has 0 saturated carbocycles. The molecule has 0 bridgehead atoms. The standard InChI is InChI=1S/C12H14O3/c1-2-6-10(12(14)15)11(13)9-7-4-3-5-8-9/h2-5,7-8,10-11,13H,1,6H2,(H,14,15)/t10-,11-/m0/s1. The van der Waals surface area contributed by atoms with Crippen LogP contribution in [0.2, 0.25) is 0 Å². The number of rotatable bonds is 5. The summed E-state index contributed by atoms with van der Waals surface area (Å²) in [6.45, 7) is 3.48. The highest BCUT2D eigenvalue weighted by atomic mass is 16.4. The van der Waals surface area contributed by atoms with E-state index in [1.54, 1.807) is 24.3 Å². The second kappa shape index (κ2) is 5.32. The van der Waals surface area contributed by atoms with E-state index >= 15 is 0 Å². The van der Waals surface area contributed by atoms with Gasteiger partial charge in [0, 0.05) is 0 Å². The summed E-state index contributed by atoms with van der Waals surface area (Å²) in [5, 5.41) is 18.8. The molecule has 80 valence electrons. The van der Waals surface area contributed by atoms with Crippen LogP contribution in [0.3, 0.4) is 0 Å². The first kappa shape index (κ1) is 11.5. The smallest absolute Gasteiger partial charge is 0.309 e. The quantitative estimate of drug-likeness (QED) is 0.724. The fourth-order valence-electron chi connectivity index (χ4n) is 1.43. The molecule has 0 radical (unpaired) electrons. The van der Waals surface area contributed by atoms with Gasteiger partial charge in [0.05, 0.1) is 12.0 Å². The van der Waals surface area contributed by atoms with Gasteiger partial charge in [0.25, 0.3) is 0 Å². The third-order valence-electron chi connectivity index (χ3n) is 2.26. The van der Waals surface area contributed by atoms with E-state index < -0.39 is 18.0 Å². The molecule has 2 N–H and O–H groups in total. The third-order valence-corrected chi connectivity index (χ3v) is 2.26. The van der Waals surface area contributed by atoms with Crippen molar-refractivity contribution in [2.24, 2.45) is 5.92 Å². The molecule has 0 saturated heterocycles. The van der Waals surface area contributed by atoms with Gasteiger partial charge < -0.3 is 10.2 Å². The first-order chi connectivity index (χ1) is 7.16. The molecular formula is C12H14O3. The van der Waals surface area contributed by atoms with Gasteiger partial charge in [-0.2, -0.15) is 0 Å². The Kier molecular flexibility index (Phi) is 4.06. The SMILES string of the molecule is C=CC[C@H](C(=O)O)[C@@H](O)c1ccccc1. The molecule has 1 aromatic rings. The van der Waals surface area contributed by atoms with Crippen molar-refractivity contribution < 1.29 is 15.0 Å². The van der Waals surface area contributed by atoms with E-state index in [1.807, 2.05) is 6.07 Å². The van der Waals surface area contributed by atoms with E-state index in [4.69, 9.17) is 5.11 Å². The van der Waals surface area contributed by atoms with Gasteiger partial charge in [-0.1, -0.05) is 36.4 Å². The van der Waals surface area contributed by atoms with E-state index in [-0.39, 0.29) is 6.42 Å². The highest BCUT2D eigenvalue weighted by molar-refractivity contribution is 5.71. The maximum Gasteiger partial charge on any atom is 0.309 e. The first-order valence-corrected chi connectivity index (χ1v) is 4.73. The average Bonchev–Trinajstić information content (AvgIpc) is 2.26. The van der Waals surface area contributed by atoms with Gasteiger partial charge >= 0.3 is 5.97 Å². The van der Waals surface area contributed by atoms with Crippen LogP contribution in [-0.4, -0.2) is 16.2 Å². The number of aliphatic hydroxyl groups is 1. The summed E-state index contributed by atoms with van der Waals surface area (Å²) in [5.74, 6) is -1.84. The second-order valence-corrected chi connectivity index (χ2v) is 3.32. The summed E-state index contributed by atoms with van der Waals surface area (Å²) >= 11 is 0. The predicted molar refractivity (Wildman–Crippen MR) is 57.3 cm³/mol. The monoisotopic (exact) mass is 206 g/mol. The van der Waals surface area contributed by atoms with Gasteiger partial charge in [0.15, 0.2) is 0 Å². The maximum absolute atomic E-state index is 10.9. The van der Waals surface area contributed by atoms with Gasteiger partial charge in [-0.3, -0.25) is 4.79 Å². The molecule has 1 rings (SSSR count). The average molecular weight is 206 g/mol. The van der Waals surface area contributed by atoms with Crippen molar-refractivity contribution in [3.05, 3.63) is 48.6 Å². The van der Waals surface area contributed by atoms with Crippen LogP contribution in [0, 0.1) is 5.92 Å². The van der Waals surface area contributed by atoms with Crippen LogP contribution < -0.4 is 0 Å². The molecule has 0 aromatic heterocycles. The van der Waals surface area contributed by atoms with E-state index in [1.165, 1.54) is 6.08 Å². The summed E-state index contributed by atoms with van der Waals surface area (Å²) < 4.78 is 0. The highest BCUT2D eigenvalue weighted by Gasteiger charge is 2.26. The lowest BCUT2D eigenvalue weighted by Gasteiger charge is -2.17. The minimum Gasteiger partial charge on any atom is -0.481 e. The number of aliphatic carboxylic acids is 1. The van der Waals surface area contributed by atoms with E-state index in [9.17, 15) is 9.90 Å². The number of aliphatic hydroxyl groups excluding tert-OH is 1. The Morgan fingerprint density at radius 1 is 1.40 bits per heavy atom. The third kappa shape index (κ3) is 2.92. The minimum absolute atomic E-state index is 0.255. The van der Waals surface area contributed by atoms with Crippen LogP contribution >= 0.6 is 0 Å². The summed E-state index contributed by atoms with van der Waals surface area (Å²) in [4.78, 5) is 10.9. The highest BCUT2D eigenvalue weighted by Crippen LogP contribution is 2.24. The van der Waals surface area contributed by atoms with Crippen LogP contribution in [0.5, 0.6) is 0 Å². The molecule has 0 aliphatic rings. The zero-order chi connectivity index (χ0) is 11.3. The lowest BCUT2D eigenvalue weighted by atomic mass is 9.93. The molecule has 0 amide bonds. The molecule has 0 aliphatic heterocycles. The van der Waals surface area contributed by atoms with Crippen molar-refractivity contribution in [1.82, 2.24) is 0 Å². The van der Waals surface area contributed by atoms with E-state index in [0.717, 1.165) is 0 Å². The number of benzene rings is 1. The summed E-state index contributed by atoms with van der Waals surface area (Å²) in [6, 6.07) is 8.78. The number of carboxylic acids is 1. The Bertz CT molecular complexity index is 332. The second-order valence-electron chi connectivity index (χ2n) is 3.32. The molecule has 0 fully saturated rings. The lowest BCUT2D eigenvalue weighted by Crippen LogP contribution is -2.21. The molecule has 0 unspecified atom stereocenters. The maximum atomic E-state index is 10.9. The molecule has 0 spiro atoms. The van der Waals surface area contributed by atoms with E-state index in [2.05, 4.69) is 6.58 Å². The van der Waals surface area contributed by atoms with Crippen molar-refractivity contribution in [3.63, 3.8) is 0 Å². The van der Waals surface area contributed by atoms with Crippen LogP contribution in [0.4, 0.5) is 0 Å². The molecule has 3 heteroatoms. The summed E-state index contributed by atoms with van der Waals surface area (Å²) in [5.41, 5.74) is 0.617. The normalized spacial score (nSPS) is 14.2. The number of carboxylic acid groups (broad SMARTS) is 1. The molecule has 0 heterocycles. The Morgan fingerprint density at radius 3 is 2.47 bits per heavy atom. The Balaban J connectivity index is 2.85. The van der Waals surface area contributed by atoms with Gasteiger partial charge in [-0.05, 0) is 12.0 Å². The predicted octanol–water partition coefficient (Wildman–Crippen LogP) is 2.00. The van der Waals surface area contributed by atoms with Crippen molar-refractivity contribution in [2.45, 2.75) is 12.5 Å². The van der Waals surface area contributed by atoms with E-state index in [0.29, 0.717) is 5.56 Å². The fourth-order valence-corrected chi connectivity index (χ4v) is 1.43. The van der Waals surface area contributed by atoms with Gasteiger partial charge in [0.2, 0.25) is 0 Å². The van der Waals surface area contributed by atoms with Crippen molar-refractivity contribution in [1.29, 1.82) is 0 Å². The first-order valence-electron chi connectivity index (χ1n) is 4.73. The number of hydrogen-bond acceptors (Lipinski definition) is 2. The van der Waals surface area contributed by atoms with Crippen LogP contribution in [0.1, 0.15) is 18.1 Å². The molecule has 0 aliphatic carbocycles. The molecular weight excluding hydrogens is 192 g/mol. The number of hydrogen-bond donors (Lipinski definition) is 2. The Morgan fingerprint density at radius 2 is 2.00 bits per heavy atom. The number of allylic oxidation sites excluding steroid dienone is 1. The molecule has 1 aromatic carbocycles. The summed E-state index contributed by atoms with van der Waals surface area (Å²) in [7, 11) is 0. The zero-order valence-electron chi connectivity index (χ0n) is 8.34. The minimum atomic E-state index is -1.01. The van der Waals surface area contributed by atoms with Gasteiger partial charge in [-0.25, -0.2) is 0 Å². The Hall–Kier alpha value is -1.61. The van der Waals surface area contributed by atoms with Crippen LogP contribution in [0.15, 0.2) is 43.0 Å². The lowest BCUT2D eigenvalue weighted by molar-refractivity contribution is -0.145. The van der Waals surface area contributed by atoms with Gasteiger partial charge in [-0.15, -0.1) is 6.58 Å². The summed E-state index contributed by atoms with van der Waals surface area (Å²) in [6.07, 6.45) is 0.776. The fraction of sp³-hybridized carbons (Fsp3) is 0.250. The van der Waals surface area contributed by atoms with Crippen molar-refractivity contribution >= 4 is 5.97 Å². The van der Waals surface area contributed by atoms with Gasteiger partial charge in [0.1, 0.15) is 0 Å². The zero-order valence-corrected chi connectivity index (χ0v) is 8.34. The van der Waals surface area contributed by atoms with Crippen molar-refractivity contribution in [2.75, 3.05) is 0 Å². The van der Waals surface area contributed by atoms with Crippen LogP contribution in [-0.2, 0) is 4.79 Å². The van der Waals surface area contributed by atoms with Crippen LogP contribution in [0.25, 0.3) is 0 Å². The molecule has 3 nitrogen and oxygen atoms in total. The molecule has 2 atom stereocenters. The number of carbonyl (C=O) groups is 1. The molecule has 15 heavy (non-hydrogen) atoms. The van der Waals surface area contributed by atoms with Crippen molar-refractivity contribution in [3.8, 4) is 0 Å². The largest absolute Gasteiger partial charge is 0.481 e.